The number of anilines is 2. The van der Waals surface area contributed by atoms with Crippen LogP contribution in [0.15, 0.2) is 12.1 Å². The summed E-state index contributed by atoms with van der Waals surface area (Å²) >= 11 is 0. The van der Waals surface area contributed by atoms with Gasteiger partial charge in [-0.1, -0.05) is 0 Å². The van der Waals surface area contributed by atoms with E-state index < -0.39 is 28.5 Å². The second-order valence-electron chi connectivity index (χ2n) is 7.26. The first kappa shape index (κ1) is 20.7. The minimum absolute atomic E-state index is 0.132. The zero-order valence-corrected chi connectivity index (χ0v) is 15.9. The molecule has 1 aromatic rings. The molecule has 10 heteroatoms. The van der Waals surface area contributed by atoms with Crippen molar-refractivity contribution in [3.05, 3.63) is 28.1 Å². The van der Waals surface area contributed by atoms with Gasteiger partial charge in [-0.2, -0.15) is 0 Å². The summed E-state index contributed by atoms with van der Waals surface area (Å²) in [7, 11) is 1.40. The number of carbonyl (C=O) groups is 1. The Hall–Kier alpha value is -2.62. The van der Waals surface area contributed by atoms with E-state index in [4.69, 9.17) is 4.74 Å². The molecule has 0 saturated carbocycles. The predicted molar refractivity (Wildman–Crippen MR) is 98.6 cm³/mol. The molecule has 1 aliphatic heterocycles. The summed E-state index contributed by atoms with van der Waals surface area (Å²) in [6.07, 6.45) is -0.499. The Morgan fingerprint density at radius 2 is 2.11 bits per heavy atom. The molecule has 0 radical (unpaired) electrons. The highest BCUT2D eigenvalue weighted by Crippen LogP contribution is 2.35. The monoisotopic (exact) mass is 384 g/mol. The third kappa shape index (κ3) is 4.57. The van der Waals surface area contributed by atoms with Gasteiger partial charge in [0.2, 0.25) is 0 Å². The second kappa shape index (κ2) is 7.95. The number of nitro groups is 1. The van der Waals surface area contributed by atoms with Crippen LogP contribution in [0.25, 0.3) is 0 Å². The molecule has 0 bridgehead atoms. The van der Waals surface area contributed by atoms with Crippen molar-refractivity contribution in [1.82, 2.24) is 4.90 Å². The zero-order valence-electron chi connectivity index (χ0n) is 15.9. The summed E-state index contributed by atoms with van der Waals surface area (Å²) in [4.78, 5) is 25.7. The number of halogens is 1. The number of nitro benzene ring substituents is 1. The van der Waals surface area contributed by atoms with Gasteiger partial charge in [0, 0.05) is 32.7 Å². The van der Waals surface area contributed by atoms with Crippen LogP contribution in [0.4, 0.5) is 26.2 Å². The molecule has 0 aliphatic carbocycles. The van der Waals surface area contributed by atoms with Gasteiger partial charge in [0.1, 0.15) is 5.60 Å². The number of hydrogen-bond donors (Lipinski definition) is 2. The summed E-state index contributed by atoms with van der Waals surface area (Å²) in [6.45, 7) is 5.64. The maximum atomic E-state index is 14.9. The van der Waals surface area contributed by atoms with E-state index in [9.17, 15) is 24.4 Å². The van der Waals surface area contributed by atoms with Crippen LogP contribution >= 0.6 is 0 Å². The maximum Gasteiger partial charge on any atom is 0.410 e. The number of piperazine rings is 1. The first-order chi connectivity index (χ1) is 12.6. The normalized spacial score (nSPS) is 17.6. The molecule has 1 heterocycles. The third-order valence-corrected chi connectivity index (χ3v) is 4.20. The smallest absolute Gasteiger partial charge is 0.410 e. The molecular formula is C17H25FN4O5. The number of carbonyl (C=O) groups excluding carboxylic acids is 1. The lowest BCUT2D eigenvalue weighted by molar-refractivity contribution is -0.384. The lowest BCUT2D eigenvalue weighted by atomic mass is 10.1. The Kier molecular flexibility index (Phi) is 6.09. The Labute approximate surface area is 156 Å². The summed E-state index contributed by atoms with van der Waals surface area (Å²) in [5, 5.41) is 23.3. The van der Waals surface area contributed by atoms with Crippen molar-refractivity contribution in [3.8, 4) is 0 Å². The lowest BCUT2D eigenvalue weighted by Crippen LogP contribution is -2.57. The average Bonchev–Trinajstić information content (AvgIpc) is 2.59. The summed E-state index contributed by atoms with van der Waals surface area (Å²) < 4.78 is 20.2. The highest BCUT2D eigenvalue weighted by Gasteiger charge is 2.34. The number of ether oxygens (including phenoxy) is 1. The second-order valence-corrected chi connectivity index (χ2v) is 7.26. The number of nitrogens with zero attached hydrogens (tertiary/aromatic N) is 3. The topological polar surface area (TPSA) is 108 Å². The zero-order chi connectivity index (χ0) is 20.4. The summed E-state index contributed by atoms with van der Waals surface area (Å²) in [6, 6.07) is 1.98. The molecule has 0 spiro atoms. The molecule has 9 nitrogen and oxygen atoms in total. The Bertz CT molecular complexity index is 722. The molecule has 1 aliphatic rings. The fraction of sp³-hybridized carbons (Fsp3) is 0.588. The predicted octanol–water partition coefficient (Wildman–Crippen LogP) is 2.19. The van der Waals surface area contributed by atoms with Crippen molar-refractivity contribution < 1.29 is 24.0 Å². The van der Waals surface area contributed by atoms with Crippen LogP contribution in [0.2, 0.25) is 0 Å². The van der Waals surface area contributed by atoms with Crippen LogP contribution in [-0.2, 0) is 4.74 Å². The standard InChI is InChI=1S/C17H25FN4O5/c1-17(2,3)27-16(24)20-7-8-21(11(9-20)10-23)12-5-6-13(22(25)26)15(19-4)14(12)18/h5-6,11,19,23H,7-10H2,1-4H3/t11-/m0/s1. The number of rotatable bonds is 4. The lowest BCUT2D eigenvalue weighted by Gasteiger charge is -2.42. The number of benzene rings is 1. The van der Waals surface area contributed by atoms with Gasteiger partial charge in [-0.05, 0) is 26.8 Å². The quantitative estimate of drug-likeness (QED) is 0.605. The number of aliphatic hydroxyl groups is 1. The molecule has 1 amide bonds. The Morgan fingerprint density at radius 3 is 2.63 bits per heavy atom. The average molecular weight is 384 g/mol. The molecule has 27 heavy (non-hydrogen) atoms. The van der Waals surface area contributed by atoms with Gasteiger partial charge < -0.3 is 25.0 Å². The van der Waals surface area contributed by atoms with Crippen LogP contribution < -0.4 is 10.2 Å². The molecule has 0 aromatic heterocycles. The van der Waals surface area contributed by atoms with Gasteiger partial charge in [0.15, 0.2) is 11.5 Å². The highest BCUT2D eigenvalue weighted by atomic mass is 19.1. The van der Waals surface area contributed by atoms with Crippen LogP contribution in [0.5, 0.6) is 0 Å². The van der Waals surface area contributed by atoms with E-state index in [1.54, 1.807) is 25.7 Å². The first-order valence-corrected chi connectivity index (χ1v) is 8.59. The van der Waals surface area contributed by atoms with Gasteiger partial charge >= 0.3 is 6.09 Å². The van der Waals surface area contributed by atoms with E-state index >= 15 is 0 Å². The molecule has 1 saturated heterocycles. The van der Waals surface area contributed by atoms with E-state index in [1.165, 1.54) is 24.1 Å². The van der Waals surface area contributed by atoms with E-state index in [-0.39, 0.29) is 43.3 Å². The van der Waals surface area contributed by atoms with Gasteiger partial charge in [-0.15, -0.1) is 0 Å². The summed E-state index contributed by atoms with van der Waals surface area (Å²) in [5.74, 6) is -0.768. The van der Waals surface area contributed by atoms with Crippen molar-refractivity contribution in [3.63, 3.8) is 0 Å². The SMILES string of the molecule is CNc1c([N+](=O)[O-])ccc(N2CCN(C(=O)OC(C)(C)C)C[C@H]2CO)c1F. The fourth-order valence-electron chi connectivity index (χ4n) is 2.99. The Balaban J connectivity index is 2.26. The van der Waals surface area contributed by atoms with Crippen LogP contribution in [0.3, 0.4) is 0 Å². The molecule has 2 rings (SSSR count). The van der Waals surface area contributed by atoms with Crippen LogP contribution in [-0.4, -0.2) is 66.0 Å². The Morgan fingerprint density at radius 1 is 1.44 bits per heavy atom. The van der Waals surface area contributed by atoms with Crippen LogP contribution in [0, 0.1) is 15.9 Å². The summed E-state index contributed by atoms with van der Waals surface area (Å²) in [5.41, 5.74) is -1.10. The number of hydrogen-bond acceptors (Lipinski definition) is 7. The molecule has 1 atom stereocenters. The maximum absolute atomic E-state index is 14.9. The molecule has 0 unspecified atom stereocenters. The molecule has 1 fully saturated rings. The number of nitrogens with one attached hydrogen (secondary N) is 1. The van der Waals surface area contributed by atoms with Crippen molar-refractivity contribution in [1.29, 1.82) is 0 Å². The van der Waals surface area contributed by atoms with E-state index in [2.05, 4.69) is 5.32 Å². The molecule has 2 N–H and O–H groups in total. The fourth-order valence-corrected chi connectivity index (χ4v) is 2.99. The van der Waals surface area contributed by atoms with E-state index in [1.807, 2.05) is 0 Å². The largest absolute Gasteiger partial charge is 0.444 e. The van der Waals surface area contributed by atoms with Gasteiger partial charge in [0.25, 0.3) is 5.69 Å². The van der Waals surface area contributed by atoms with Crippen molar-refractivity contribution in [2.45, 2.75) is 32.4 Å². The van der Waals surface area contributed by atoms with Gasteiger partial charge in [-0.3, -0.25) is 10.1 Å². The molecule has 150 valence electrons. The van der Waals surface area contributed by atoms with Crippen molar-refractivity contribution >= 4 is 23.2 Å². The third-order valence-electron chi connectivity index (χ3n) is 4.20. The van der Waals surface area contributed by atoms with Crippen molar-refractivity contribution in [2.24, 2.45) is 0 Å². The van der Waals surface area contributed by atoms with E-state index in [0.29, 0.717) is 0 Å². The minimum Gasteiger partial charge on any atom is -0.444 e. The molecular weight excluding hydrogens is 359 g/mol. The number of aliphatic hydroxyl groups excluding tert-OH is 1. The van der Waals surface area contributed by atoms with Crippen LogP contribution in [0.1, 0.15) is 20.8 Å². The van der Waals surface area contributed by atoms with Crippen molar-refractivity contribution in [2.75, 3.05) is 43.5 Å². The number of amides is 1. The minimum atomic E-state index is -0.768. The van der Waals surface area contributed by atoms with Gasteiger partial charge in [-0.25, -0.2) is 9.18 Å². The van der Waals surface area contributed by atoms with E-state index in [0.717, 1.165) is 0 Å². The van der Waals surface area contributed by atoms with Gasteiger partial charge in [0.05, 0.1) is 23.3 Å². The molecule has 1 aromatic carbocycles. The first-order valence-electron chi connectivity index (χ1n) is 8.59. The highest BCUT2D eigenvalue weighted by molar-refractivity contribution is 5.72.